The van der Waals surface area contributed by atoms with Crippen LogP contribution in [0.15, 0.2) is 12.2 Å². The maximum Gasteiger partial charge on any atom is 0.319 e. The summed E-state index contributed by atoms with van der Waals surface area (Å²) in [4.78, 5) is 12.6. The van der Waals surface area contributed by atoms with Gasteiger partial charge in [-0.05, 0) is 30.6 Å². The lowest BCUT2D eigenvalue weighted by Crippen LogP contribution is -2.41. The molecule has 3 aliphatic rings. The van der Waals surface area contributed by atoms with Crippen LogP contribution < -0.4 is 0 Å². The number of carbonyl (C=O) groups is 1. The molecule has 21 heavy (non-hydrogen) atoms. The first-order valence-corrected chi connectivity index (χ1v) is 9.33. The lowest BCUT2D eigenvalue weighted by Gasteiger charge is -2.42. The van der Waals surface area contributed by atoms with E-state index in [-0.39, 0.29) is 22.7 Å². The van der Waals surface area contributed by atoms with Crippen molar-refractivity contribution in [2.45, 2.75) is 70.0 Å². The van der Waals surface area contributed by atoms with Gasteiger partial charge in [-0.1, -0.05) is 46.3 Å². The second-order valence-corrected chi connectivity index (χ2v) is 9.63. The summed E-state index contributed by atoms with van der Waals surface area (Å²) < 4.78 is 6.04. The van der Waals surface area contributed by atoms with Gasteiger partial charge >= 0.3 is 5.97 Å². The van der Waals surface area contributed by atoms with E-state index in [0.717, 1.165) is 12.8 Å². The van der Waals surface area contributed by atoms with Gasteiger partial charge in [-0.25, -0.2) is 0 Å². The minimum atomic E-state index is 0.0465. The molecule has 0 aromatic heterocycles. The van der Waals surface area contributed by atoms with Crippen LogP contribution in [0.25, 0.3) is 0 Å². The molecule has 2 nitrogen and oxygen atoms in total. The molecular formula is C18H28O2S. The highest BCUT2D eigenvalue weighted by atomic mass is 32.2. The van der Waals surface area contributed by atoms with Crippen LogP contribution in [0.1, 0.15) is 53.4 Å². The number of hydrogen-bond acceptors (Lipinski definition) is 3. The molecule has 0 unspecified atom stereocenters. The standard InChI is InChI=1S/C18H28O2S/c1-11-5-8-14(18(2,3)4)15(9-11)20-17(19)16-12-6-7-13(10-12)21-16/h6-7,11-16H,5,8-10H2,1-4H3/t11-,12-,13+,14-,15-,16+/m1/s1. The molecule has 0 amide bonds. The van der Waals surface area contributed by atoms with Crippen LogP contribution in [-0.4, -0.2) is 22.6 Å². The van der Waals surface area contributed by atoms with Gasteiger partial charge < -0.3 is 4.74 Å². The molecule has 2 aliphatic carbocycles. The van der Waals surface area contributed by atoms with Gasteiger partial charge in [0.2, 0.25) is 0 Å². The highest BCUT2D eigenvalue weighted by molar-refractivity contribution is 8.01. The molecule has 3 heteroatoms. The third kappa shape index (κ3) is 3.18. The monoisotopic (exact) mass is 308 g/mol. The molecule has 0 aromatic carbocycles. The smallest absolute Gasteiger partial charge is 0.319 e. The van der Waals surface area contributed by atoms with Crippen LogP contribution >= 0.6 is 11.8 Å². The van der Waals surface area contributed by atoms with Gasteiger partial charge in [-0.3, -0.25) is 4.79 Å². The molecule has 1 saturated heterocycles. The van der Waals surface area contributed by atoms with Crippen molar-refractivity contribution in [3.05, 3.63) is 12.2 Å². The molecular weight excluding hydrogens is 280 g/mol. The average Bonchev–Trinajstić information content (AvgIpc) is 2.99. The van der Waals surface area contributed by atoms with Crippen molar-refractivity contribution in [2.24, 2.45) is 23.2 Å². The van der Waals surface area contributed by atoms with Crippen LogP contribution in [0, 0.1) is 23.2 Å². The summed E-state index contributed by atoms with van der Waals surface area (Å²) in [5, 5.41) is 0.606. The zero-order valence-electron chi connectivity index (χ0n) is 13.7. The van der Waals surface area contributed by atoms with E-state index < -0.39 is 0 Å². The number of thioether (sulfide) groups is 1. The van der Waals surface area contributed by atoms with Crippen molar-refractivity contribution >= 4 is 17.7 Å². The third-order valence-corrected chi connectivity index (χ3v) is 6.99. The first kappa shape index (κ1) is 15.5. The van der Waals surface area contributed by atoms with Crippen LogP contribution in [-0.2, 0) is 9.53 Å². The van der Waals surface area contributed by atoms with Crippen LogP contribution in [0.2, 0.25) is 0 Å². The van der Waals surface area contributed by atoms with E-state index in [0.29, 0.717) is 23.0 Å². The minimum absolute atomic E-state index is 0.0465. The molecule has 118 valence electrons. The van der Waals surface area contributed by atoms with Crippen molar-refractivity contribution in [2.75, 3.05) is 0 Å². The van der Waals surface area contributed by atoms with Gasteiger partial charge in [0.05, 0.1) is 0 Å². The third-order valence-electron chi connectivity index (χ3n) is 5.45. The van der Waals surface area contributed by atoms with E-state index in [1.807, 2.05) is 0 Å². The Morgan fingerprint density at radius 1 is 1.19 bits per heavy atom. The van der Waals surface area contributed by atoms with Crippen LogP contribution in [0.5, 0.6) is 0 Å². The van der Waals surface area contributed by atoms with Crippen LogP contribution in [0.3, 0.4) is 0 Å². The molecule has 1 saturated carbocycles. The number of esters is 1. The summed E-state index contributed by atoms with van der Waals surface area (Å²) in [6, 6.07) is 0. The molecule has 3 rings (SSSR count). The van der Waals surface area contributed by atoms with Gasteiger partial charge in [-0.2, -0.15) is 0 Å². The molecule has 2 bridgehead atoms. The maximum atomic E-state index is 12.6. The molecule has 0 N–H and O–H groups in total. The van der Waals surface area contributed by atoms with E-state index >= 15 is 0 Å². The first-order chi connectivity index (χ1) is 9.84. The van der Waals surface area contributed by atoms with Gasteiger partial charge in [0.25, 0.3) is 0 Å². The second kappa shape index (κ2) is 5.64. The molecule has 0 aromatic rings. The Morgan fingerprint density at radius 2 is 1.95 bits per heavy atom. The Kier molecular flexibility index (Phi) is 4.15. The highest BCUT2D eigenvalue weighted by Gasteiger charge is 2.44. The number of fused-ring (bicyclic) bond motifs is 2. The van der Waals surface area contributed by atoms with Crippen molar-refractivity contribution in [3.63, 3.8) is 0 Å². The summed E-state index contributed by atoms with van der Waals surface area (Å²) in [5.74, 6) is 1.64. The molecule has 6 atom stereocenters. The Morgan fingerprint density at radius 3 is 2.52 bits per heavy atom. The first-order valence-electron chi connectivity index (χ1n) is 8.39. The quantitative estimate of drug-likeness (QED) is 0.557. The van der Waals surface area contributed by atoms with E-state index in [4.69, 9.17) is 4.74 Å². The van der Waals surface area contributed by atoms with E-state index in [1.165, 1.54) is 12.8 Å². The lowest BCUT2D eigenvalue weighted by molar-refractivity contribution is -0.157. The topological polar surface area (TPSA) is 26.3 Å². The summed E-state index contributed by atoms with van der Waals surface area (Å²) in [5.41, 5.74) is 0.215. The number of carbonyl (C=O) groups excluding carboxylic acids is 1. The fourth-order valence-electron chi connectivity index (χ4n) is 4.20. The van der Waals surface area contributed by atoms with E-state index in [2.05, 4.69) is 39.8 Å². The van der Waals surface area contributed by atoms with Gasteiger partial charge in [-0.15, -0.1) is 11.8 Å². The Balaban J connectivity index is 1.66. The SMILES string of the molecule is C[C@@H]1CC[C@@H](C(C)(C)C)[C@H](OC(=O)[C@H]2S[C@H]3C=C[C@@H]2C3)C1. The van der Waals surface area contributed by atoms with Gasteiger partial charge in [0.1, 0.15) is 11.4 Å². The fraction of sp³-hybridized carbons (Fsp3) is 0.833. The van der Waals surface area contributed by atoms with Crippen LogP contribution in [0.4, 0.5) is 0 Å². The normalized spacial score (nSPS) is 42.3. The molecule has 2 fully saturated rings. The Hall–Kier alpha value is -0.440. The lowest BCUT2D eigenvalue weighted by atomic mass is 9.68. The number of allylic oxidation sites excluding steroid dienone is 1. The van der Waals surface area contributed by atoms with E-state index in [9.17, 15) is 4.79 Å². The van der Waals surface area contributed by atoms with Crippen molar-refractivity contribution < 1.29 is 9.53 Å². The zero-order chi connectivity index (χ0) is 15.2. The summed E-state index contributed by atoms with van der Waals surface area (Å²) >= 11 is 1.81. The largest absolute Gasteiger partial charge is 0.461 e. The second-order valence-electron chi connectivity index (χ2n) is 8.25. The predicted octanol–water partition coefficient (Wildman–Crippen LogP) is 4.44. The Bertz CT molecular complexity index is 437. The summed E-state index contributed by atoms with van der Waals surface area (Å²) in [6.45, 7) is 9.13. The van der Waals surface area contributed by atoms with E-state index in [1.54, 1.807) is 11.8 Å². The average molecular weight is 308 g/mol. The Labute approximate surface area is 133 Å². The summed E-state index contributed by atoms with van der Waals surface area (Å²) in [6.07, 6.45) is 9.21. The van der Waals surface area contributed by atoms with Crippen molar-refractivity contribution in [1.82, 2.24) is 0 Å². The minimum Gasteiger partial charge on any atom is -0.461 e. The fourth-order valence-corrected chi connectivity index (χ4v) is 5.66. The maximum absolute atomic E-state index is 12.6. The molecule has 0 radical (unpaired) electrons. The van der Waals surface area contributed by atoms with Gasteiger partial charge in [0, 0.05) is 17.1 Å². The molecule has 1 aliphatic heterocycles. The highest BCUT2D eigenvalue weighted by Crippen LogP contribution is 2.47. The van der Waals surface area contributed by atoms with Crippen molar-refractivity contribution in [1.29, 1.82) is 0 Å². The summed E-state index contributed by atoms with van der Waals surface area (Å²) in [7, 11) is 0. The predicted molar refractivity (Wildman–Crippen MR) is 88.3 cm³/mol. The van der Waals surface area contributed by atoms with Gasteiger partial charge in [0.15, 0.2) is 0 Å². The molecule has 0 spiro atoms. The molecule has 1 heterocycles. The zero-order valence-corrected chi connectivity index (χ0v) is 14.5. The van der Waals surface area contributed by atoms with Crippen molar-refractivity contribution in [3.8, 4) is 0 Å². The number of ether oxygens (including phenoxy) is 1. The number of rotatable bonds is 2. The number of hydrogen-bond donors (Lipinski definition) is 0.